The largest absolute Gasteiger partial charge is 0.343 e. The molecule has 1 aliphatic rings. The van der Waals surface area contributed by atoms with Crippen LogP contribution < -0.4 is 5.32 Å². The standard InChI is InChI=1S/C18H22ClN3O3S/c1-12-10-14(19)6-7-15(12)20-18(23)16-11-17(13(2)21(16)3)26(24,25)22-8-4-5-9-22/h6-7,10-11H,4-5,8-9H2,1-3H3,(H,20,23). The molecule has 2 aromatic rings. The summed E-state index contributed by atoms with van der Waals surface area (Å²) < 4.78 is 28.8. The number of aryl methyl sites for hydroxylation is 1. The minimum atomic E-state index is -3.58. The third-order valence-electron chi connectivity index (χ3n) is 4.84. The Bertz CT molecular complexity index is 960. The SMILES string of the molecule is Cc1cc(Cl)ccc1NC(=O)c1cc(S(=O)(=O)N2CCCC2)c(C)n1C. The van der Waals surface area contributed by atoms with Crippen LogP contribution in [0, 0.1) is 13.8 Å². The minimum absolute atomic E-state index is 0.194. The summed E-state index contributed by atoms with van der Waals surface area (Å²) in [6.45, 7) is 4.62. The number of sulfonamides is 1. The van der Waals surface area contributed by atoms with Crippen molar-refractivity contribution in [2.75, 3.05) is 18.4 Å². The molecule has 1 aromatic heterocycles. The molecule has 2 heterocycles. The van der Waals surface area contributed by atoms with Crippen LogP contribution >= 0.6 is 11.6 Å². The maximum atomic E-state index is 12.9. The molecule has 1 aromatic carbocycles. The van der Waals surface area contributed by atoms with E-state index < -0.39 is 10.0 Å². The molecule has 0 bridgehead atoms. The van der Waals surface area contributed by atoms with Gasteiger partial charge < -0.3 is 9.88 Å². The highest BCUT2D eigenvalue weighted by Gasteiger charge is 2.31. The number of benzene rings is 1. The first kappa shape index (κ1) is 18.9. The predicted molar refractivity (Wildman–Crippen MR) is 102 cm³/mol. The third-order valence-corrected chi connectivity index (χ3v) is 7.09. The number of amides is 1. The van der Waals surface area contributed by atoms with E-state index in [2.05, 4.69) is 5.32 Å². The summed E-state index contributed by atoms with van der Waals surface area (Å²) >= 11 is 5.94. The van der Waals surface area contributed by atoms with Crippen molar-refractivity contribution >= 4 is 33.2 Å². The zero-order chi connectivity index (χ0) is 19.1. The second-order valence-electron chi connectivity index (χ2n) is 6.56. The van der Waals surface area contributed by atoms with Crippen molar-refractivity contribution < 1.29 is 13.2 Å². The molecule has 1 N–H and O–H groups in total. The molecule has 1 saturated heterocycles. The van der Waals surface area contributed by atoms with Gasteiger partial charge in [-0.05, 0) is 56.5 Å². The smallest absolute Gasteiger partial charge is 0.272 e. The van der Waals surface area contributed by atoms with Crippen molar-refractivity contribution in [1.29, 1.82) is 0 Å². The molecule has 0 unspecified atom stereocenters. The van der Waals surface area contributed by atoms with E-state index in [-0.39, 0.29) is 10.8 Å². The fraction of sp³-hybridized carbons (Fsp3) is 0.389. The molecule has 0 aliphatic carbocycles. The first-order chi connectivity index (χ1) is 12.2. The summed E-state index contributed by atoms with van der Waals surface area (Å²) in [5.41, 5.74) is 2.33. The molecule has 140 valence electrons. The first-order valence-corrected chi connectivity index (χ1v) is 10.3. The second-order valence-corrected chi connectivity index (χ2v) is 8.91. The van der Waals surface area contributed by atoms with Gasteiger partial charge in [-0.1, -0.05) is 11.6 Å². The van der Waals surface area contributed by atoms with E-state index in [1.165, 1.54) is 10.4 Å². The summed E-state index contributed by atoms with van der Waals surface area (Å²) in [7, 11) is -1.88. The molecule has 26 heavy (non-hydrogen) atoms. The number of aromatic nitrogens is 1. The number of hydrogen-bond donors (Lipinski definition) is 1. The van der Waals surface area contributed by atoms with Crippen LogP contribution in [0.3, 0.4) is 0 Å². The maximum absolute atomic E-state index is 12.9. The molecular formula is C18H22ClN3O3S. The highest BCUT2D eigenvalue weighted by Crippen LogP contribution is 2.27. The molecule has 3 rings (SSSR count). The molecule has 8 heteroatoms. The third kappa shape index (κ3) is 3.39. The van der Waals surface area contributed by atoms with Crippen LogP contribution in [-0.4, -0.2) is 36.3 Å². The fourth-order valence-corrected chi connectivity index (χ4v) is 5.19. The molecular weight excluding hydrogens is 374 g/mol. The minimum Gasteiger partial charge on any atom is -0.343 e. The van der Waals surface area contributed by atoms with Gasteiger partial charge in [-0.3, -0.25) is 4.79 Å². The Balaban J connectivity index is 1.92. The summed E-state index contributed by atoms with van der Waals surface area (Å²) in [5.74, 6) is -0.358. The lowest BCUT2D eigenvalue weighted by Gasteiger charge is -2.15. The number of nitrogens with zero attached hydrogens (tertiary/aromatic N) is 2. The molecule has 6 nitrogen and oxygen atoms in total. The molecule has 1 fully saturated rings. The van der Waals surface area contributed by atoms with Crippen LogP contribution in [-0.2, 0) is 17.1 Å². The number of carbonyl (C=O) groups is 1. The van der Waals surface area contributed by atoms with Crippen LogP contribution in [0.25, 0.3) is 0 Å². The molecule has 1 aliphatic heterocycles. The zero-order valence-electron chi connectivity index (χ0n) is 15.0. The van der Waals surface area contributed by atoms with Crippen LogP contribution in [0.2, 0.25) is 5.02 Å². The van der Waals surface area contributed by atoms with Crippen molar-refractivity contribution in [2.24, 2.45) is 7.05 Å². The van der Waals surface area contributed by atoms with E-state index in [4.69, 9.17) is 11.6 Å². The second kappa shape index (κ2) is 7.06. The van der Waals surface area contributed by atoms with Crippen molar-refractivity contribution in [3.05, 3.63) is 46.2 Å². The van der Waals surface area contributed by atoms with Crippen molar-refractivity contribution in [2.45, 2.75) is 31.6 Å². The lowest BCUT2D eigenvalue weighted by molar-refractivity contribution is 0.101. The number of carbonyl (C=O) groups excluding carboxylic acids is 1. The Morgan fingerprint density at radius 1 is 1.15 bits per heavy atom. The van der Waals surface area contributed by atoms with Gasteiger partial charge in [-0.25, -0.2) is 8.42 Å². The van der Waals surface area contributed by atoms with Gasteiger partial charge in [-0.15, -0.1) is 0 Å². The van der Waals surface area contributed by atoms with E-state index in [0.717, 1.165) is 18.4 Å². The topological polar surface area (TPSA) is 71.4 Å². The van der Waals surface area contributed by atoms with Crippen molar-refractivity contribution in [1.82, 2.24) is 8.87 Å². The summed E-state index contributed by atoms with van der Waals surface area (Å²) in [5, 5.41) is 3.42. The van der Waals surface area contributed by atoms with Crippen LogP contribution in [0.4, 0.5) is 5.69 Å². The predicted octanol–water partition coefficient (Wildman–Crippen LogP) is 3.33. The Morgan fingerprint density at radius 3 is 2.42 bits per heavy atom. The summed E-state index contributed by atoms with van der Waals surface area (Å²) in [6.07, 6.45) is 1.74. The molecule has 0 saturated carbocycles. The summed E-state index contributed by atoms with van der Waals surface area (Å²) in [6, 6.07) is 6.65. The Hall–Kier alpha value is -1.83. The number of rotatable bonds is 4. The average Bonchev–Trinajstić information content (AvgIpc) is 3.21. The number of halogens is 1. The van der Waals surface area contributed by atoms with Crippen LogP contribution in [0.15, 0.2) is 29.2 Å². The molecule has 0 atom stereocenters. The van der Waals surface area contributed by atoms with Crippen LogP contribution in [0.5, 0.6) is 0 Å². The van der Waals surface area contributed by atoms with Gasteiger partial charge in [0, 0.05) is 36.5 Å². The number of nitrogens with one attached hydrogen (secondary N) is 1. The van der Waals surface area contributed by atoms with E-state index in [1.54, 1.807) is 36.7 Å². The monoisotopic (exact) mass is 395 g/mol. The van der Waals surface area contributed by atoms with Gasteiger partial charge in [0.25, 0.3) is 5.91 Å². The highest BCUT2D eigenvalue weighted by molar-refractivity contribution is 7.89. The van der Waals surface area contributed by atoms with Gasteiger partial charge in [0.1, 0.15) is 10.6 Å². The maximum Gasteiger partial charge on any atom is 0.272 e. The number of hydrogen-bond acceptors (Lipinski definition) is 3. The van der Waals surface area contributed by atoms with E-state index in [1.807, 2.05) is 6.92 Å². The number of anilines is 1. The van der Waals surface area contributed by atoms with E-state index in [0.29, 0.717) is 35.2 Å². The van der Waals surface area contributed by atoms with Gasteiger partial charge in [0.05, 0.1) is 0 Å². The van der Waals surface area contributed by atoms with Crippen molar-refractivity contribution in [3.63, 3.8) is 0 Å². The lowest BCUT2D eigenvalue weighted by atomic mass is 10.2. The summed E-state index contributed by atoms with van der Waals surface area (Å²) in [4.78, 5) is 12.9. The molecule has 1 amide bonds. The molecule has 0 radical (unpaired) electrons. The zero-order valence-corrected chi connectivity index (χ0v) is 16.6. The quantitative estimate of drug-likeness (QED) is 0.863. The molecule has 0 spiro atoms. The van der Waals surface area contributed by atoms with E-state index >= 15 is 0 Å². The van der Waals surface area contributed by atoms with Gasteiger partial charge >= 0.3 is 0 Å². The van der Waals surface area contributed by atoms with Gasteiger partial charge in [-0.2, -0.15) is 4.31 Å². The lowest BCUT2D eigenvalue weighted by Crippen LogP contribution is -2.28. The fourth-order valence-electron chi connectivity index (χ4n) is 3.17. The van der Waals surface area contributed by atoms with E-state index in [9.17, 15) is 13.2 Å². The Morgan fingerprint density at radius 2 is 1.81 bits per heavy atom. The Labute approximate surface area is 158 Å². The average molecular weight is 396 g/mol. The normalized spacial score (nSPS) is 15.4. The van der Waals surface area contributed by atoms with Crippen molar-refractivity contribution in [3.8, 4) is 0 Å². The highest BCUT2D eigenvalue weighted by atomic mass is 35.5. The van der Waals surface area contributed by atoms with Crippen LogP contribution in [0.1, 0.15) is 34.6 Å². The Kier molecular flexibility index (Phi) is 5.14. The van der Waals surface area contributed by atoms with Gasteiger partial charge in [0.2, 0.25) is 10.0 Å². The first-order valence-electron chi connectivity index (χ1n) is 8.46. The van der Waals surface area contributed by atoms with Gasteiger partial charge in [0.15, 0.2) is 0 Å².